The Morgan fingerprint density at radius 3 is 2.26 bits per heavy atom. The molecule has 8 heteroatoms. The van der Waals surface area contributed by atoms with Crippen molar-refractivity contribution in [2.45, 2.75) is 31.2 Å². The number of hydrogen-bond donors (Lipinski definition) is 3. The van der Waals surface area contributed by atoms with Gasteiger partial charge in [-0.2, -0.15) is 0 Å². The molecule has 178 valence electrons. The smallest absolute Gasteiger partial charge is 0.411 e. The molecule has 0 saturated heterocycles. The first-order valence-electron chi connectivity index (χ1n) is 11.6. The number of ether oxygens (including phenoxy) is 1. The van der Waals surface area contributed by atoms with Crippen molar-refractivity contribution >= 4 is 23.7 Å². The Morgan fingerprint density at radius 1 is 0.943 bits per heavy atom. The summed E-state index contributed by atoms with van der Waals surface area (Å²) in [5.41, 5.74) is 4.86. The first-order chi connectivity index (χ1) is 17.0. The van der Waals surface area contributed by atoms with Gasteiger partial charge in [-0.1, -0.05) is 48.5 Å². The lowest BCUT2D eigenvalue weighted by atomic mass is 9.78. The summed E-state index contributed by atoms with van der Waals surface area (Å²) < 4.78 is 5.58. The van der Waals surface area contributed by atoms with E-state index >= 15 is 0 Å². The second kappa shape index (κ2) is 9.58. The summed E-state index contributed by atoms with van der Waals surface area (Å²) in [5.74, 6) is -1.25. The number of amides is 2. The number of anilines is 1. The molecule has 5 rings (SSSR count). The van der Waals surface area contributed by atoms with E-state index in [4.69, 9.17) is 9.84 Å². The third-order valence-corrected chi connectivity index (χ3v) is 6.64. The molecule has 1 aromatic heterocycles. The lowest BCUT2D eigenvalue weighted by Gasteiger charge is -2.34. The molecular weight excluding hydrogens is 446 g/mol. The van der Waals surface area contributed by atoms with E-state index < -0.39 is 18.0 Å². The fourth-order valence-electron chi connectivity index (χ4n) is 4.95. The third-order valence-electron chi connectivity index (χ3n) is 6.64. The number of carbonyl (C=O) groups is 3. The number of aromatic nitrogens is 1. The van der Waals surface area contributed by atoms with Gasteiger partial charge in [-0.05, 0) is 53.1 Å². The molecule has 0 radical (unpaired) electrons. The molecule has 2 aliphatic carbocycles. The van der Waals surface area contributed by atoms with E-state index in [0.717, 1.165) is 22.3 Å². The number of nitrogens with one attached hydrogen (secondary N) is 2. The molecule has 2 aliphatic rings. The first kappa shape index (κ1) is 22.6. The molecule has 1 fully saturated rings. The lowest BCUT2D eigenvalue weighted by Crippen LogP contribution is -2.45. The number of aliphatic carboxylic acids is 1. The third kappa shape index (κ3) is 4.73. The van der Waals surface area contributed by atoms with Gasteiger partial charge in [0.05, 0.1) is 5.69 Å². The van der Waals surface area contributed by atoms with Crippen molar-refractivity contribution < 1.29 is 24.2 Å². The van der Waals surface area contributed by atoms with Crippen LogP contribution >= 0.6 is 0 Å². The van der Waals surface area contributed by atoms with Crippen molar-refractivity contribution in [3.8, 4) is 11.1 Å². The number of hydrogen-bond acceptors (Lipinski definition) is 5. The lowest BCUT2D eigenvalue weighted by molar-refractivity contribution is -0.138. The van der Waals surface area contributed by atoms with Gasteiger partial charge in [-0.3, -0.25) is 14.9 Å². The molecule has 8 nitrogen and oxygen atoms in total. The van der Waals surface area contributed by atoms with Crippen LogP contribution in [0.4, 0.5) is 10.5 Å². The fraction of sp³-hybridized carbons (Fsp3) is 0.259. The van der Waals surface area contributed by atoms with Crippen molar-refractivity contribution in [3.63, 3.8) is 0 Å². The molecule has 3 N–H and O–H groups in total. The van der Waals surface area contributed by atoms with Crippen LogP contribution < -0.4 is 10.6 Å². The number of carboxylic acid groups (broad SMARTS) is 1. The van der Waals surface area contributed by atoms with Gasteiger partial charge in [0.2, 0.25) is 0 Å². The van der Waals surface area contributed by atoms with Crippen LogP contribution in [0, 0.1) is 5.92 Å². The van der Waals surface area contributed by atoms with Crippen LogP contribution in [0.25, 0.3) is 11.1 Å². The van der Waals surface area contributed by atoms with Gasteiger partial charge in [-0.25, -0.2) is 9.78 Å². The molecule has 0 spiro atoms. The largest absolute Gasteiger partial charge is 0.481 e. The molecule has 0 aliphatic heterocycles. The van der Waals surface area contributed by atoms with Crippen molar-refractivity contribution in [3.05, 3.63) is 83.7 Å². The number of nitrogens with zero attached hydrogens (tertiary/aromatic N) is 1. The van der Waals surface area contributed by atoms with Gasteiger partial charge in [0, 0.05) is 24.6 Å². The minimum absolute atomic E-state index is 0.0674. The quantitative estimate of drug-likeness (QED) is 0.469. The normalized spacial score (nSPS) is 18.1. The average molecular weight is 472 g/mol. The first-order valence-corrected chi connectivity index (χ1v) is 11.6. The van der Waals surface area contributed by atoms with Crippen LogP contribution in [0.5, 0.6) is 0 Å². The maximum Gasteiger partial charge on any atom is 0.411 e. The van der Waals surface area contributed by atoms with Crippen LogP contribution in [-0.4, -0.2) is 40.7 Å². The number of carboxylic acids is 1. The maximum absolute atomic E-state index is 12.7. The van der Waals surface area contributed by atoms with Crippen molar-refractivity contribution in [2.75, 3.05) is 11.9 Å². The SMILES string of the molecule is O=C(O)CC1CC(NC(=O)c2ncccc2NC(=O)OCC2c3ccccc3-c3ccccc32)C1. The van der Waals surface area contributed by atoms with Gasteiger partial charge in [0.15, 0.2) is 5.69 Å². The zero-order valence-electron chi connectivity index (χ0n) is 18.9. The van der Waals surface area contributed by atoms with E-state index in [1.54, 1.807) is 12.1 Å². The summed E-state index contributed by atoms with van der Waals surface area (Å²) in [6.45, 7) is 0.161. The predicted octanol–water partition coefficient (Wildman–Crippen LogP) is 4.43. The van der Waals surface area contributed by atoms with Crippen molar-refractivity contribution in [1.82, 2.24) is 10.3 Å². The Balaban J connectivity index is 1.21. The molecule has 1 saturated carbocycles. The molecule has 0 unspecified atom stereocenters. The maximum atomic E-state index is 12.7. The molecule has 0 atom stereocenters. The zero-order valence-corrected chi connectivity index (χ0v) is 18.9. The topological polar surface area (TPSA) is 118 Å². The molecule has 2 aromatic carbocycles. The molecule has 2 amide bonds. The number of benzene rings is 2. The van der Waals surface area contributed by atoms with Crippen LogP contribution in [0.2, 0.25) is 0 Å². The minimum Gasteiger partial charge on any atom is -0.481 e. The number of carbonyl (C=O) groups excluding carboxylic acids is 2. The Morgan fingerprint density at radius 2 is 1.60 bits per heavy atom. The average Bonchev–Trinajstić information content (AvgIpc) is 3.15. The standard InChI is InChI=1S/C27H25N3O5/c31-24(32)14-16-12-17(13-16)29-26(33)25-23(10-5-11-28-25)30-27(34)35-15-22-20-8-3-1-6-18(20)19-7-2-4-9-21(19)22/h1-11,16-17,22H,12-15H2,(H,29,33)(H,30,34)(H,31,32). The van der Waals surface area contributed by atoms with Gasteiger partial charge in [-0.15, -0.1) is 0 Å². The number of pyridine rings is 1. The Kier molecular flexibility index (Phi) is 6.18. The van der Waals surface area contributed by atoms with E-state index in [1.807, 2.05) is 36.4 Å². The summed E-state index contributed by atoms with van der Waals surface area (Å²) in [7, 11) is 0. The van der Waals surface area contributed by atoms with Gasteiger partial charge < -0.3 is 15.2 Å². The molecule has 1 heterocycles. The van der Waals surface area contributed by atoms with Crippen LogP contribution in [0.3, 0.4) is 0 Å². The second-order valence-electron chi connectivity index (χ2n) is 8.96. The van der Waals surface area contributed by atoms with E-state index in [2.05, 4.69) is 27.8 Å². The highest BCUT2D eigenvalue weighted by molar-refractivity contribution is 6.01. The minimum atomic E-state index is -0.834. The summed E-state index contributed by atoms with van der Waals surface area (Å²) in [4.78, 5) is 40.3. The summed E-state index contributed by atoms with van der Waals surface area (Å²) >= 11 is 0. The van der Waals surface area contributed by atoms with E-state index in [-0.39, 0.29) is 42.3 Å². The van der Waals surface area contributed by atoms with Crippen molar-refractivity contribution in [2.24, 2.45) is 5.92 Å². The zero-order chi connectivity index (χ0) is 24.4. The van der Waals surface area contributed by atoms with Gasteiger partial charge in [0.25, 0.3) is 5.91 Å². The number of fused-ring (bicyclic) bond motifs is 3. The molecule has 0 bridgehead atoms. The second-order valence-corrected chi connectivity index (χ2v) is 8.96. The molecule has 35 heavy (non-hydrogen) atoms. The van der Waals surface area contributed by atoms with E-state index in [0.29, 0.717) is 12.8 Å². The highest BCUT2D eigenvalue weighted by Gasteiger charge is 2.33. The van der Waals surface area contributed by atoms with E-state index in [1.165, 1.54) is 6.20 Å². The van der Waals surface area contributed by atoms with Crippen LogP contribution in [0.15, 0.2) is 66.9 Å². The van der Waals surface area contributed by atoms with E-state index in [9.17, 15) is 14.4 Å². The number of rotatable bonds is 7. The molecule has 3 aromatic rings. The van der Waals surface area contributed by atoms with Crippen LogP contribution in [0.1, 0.15) is 46.8 Å². The molecular formula is C27H25N3O5. The van der Waals surface area contributed by atoms with Crippen LogP contribution in [-0.2, 0) is 9.53 Å². The van der Waals surface area contributed by atoms with Gasteiger partial charge in [0.1, 0.15) is 6.61 Å². The highest BCUT2D eigenvalue weighted by Crippen LogP contribution is 2.44. The summed E-state index contributed by atoms with van der Waals surface area (Å²) in [6, 6.07) is 19.3. The fourth-order valence-corrected chi connectivity index (χ4v) is 4.95. The van der Waals surface area contributed by atoms with Crippen molar-refractivity contribution in [1.29, 1.82) is 0 Å². The summed E-state index contributed by atoms with van der Waals surface area (Å²) in [5, 5.41) is 14.4. The predicted molar refractivity (Wildman–Crippen MR) is 129 cm³/mol. The Labute approximate surface area is 202 Å². The summed E-state index contributed by atoms with van der Waals surface area (Å²) in [6.07, 6.45) is 2.13. The Bertz CT molecular complexity index is 1240. The highest BCUT2D eigenvalue weighted by atomic mass is 16.5. The Hall–Kier alpha value is -4.20. The van der Waals surface area contributed by atoms with Gasteiger partial charge >= 0.3 is 12.1 Å². The monoisotopic (exact) mass is 471 g/mol.